The van der Waals surface area contributed by atoms with E-state index < -0.39 is 15.9 Å². The van der Waals surface area contributed by atoms with Gasteiger partial charge in [-0.05, 0) is 25.0 Å². The zero-order chi connectivity index (χ0) is 15.7. The number of piperidine rings is 1. The highest BCUT2D eigenvalue weighted by atomic mass is 32.2. The van der Waals surface area contributed by atoms with Crippen LogP contribution in [0.25, 0.3) is 10.2 Å². The van der Waals surface area contributed by atoms with E-state index in [9.17, 15) is 13.2 Å². The molecule has 22 heavy (non-hydrogen) atoms. The minimum absolute atomic E-state index is 0.324. The van der Waals surface area contributed by atoms with E-state index in [1.165, 1.54) is 0 Å². The Balaban J connectivity index is 1.76. The highest BCUT2D eigenvalue weighted by Gasteiger charge is 2.28. The van der Waals surface area contributed by atoms with E-state index >= 15 is 0 Å². The molecule has 0 saturated carbocycles. The lowest BCUT2D eigenvalue weighted by Gasteiger charge is -2.31. The van der Waals surface area contributed by atoms with Crippen molar-refractivity contribution in [1.29, 1.82) is 0 Å². The fraction of sp³-hybridized carbons (Fsp3) is 0.429. The zero-order valence-electron chi connectivity index (χ0n) is 12.2. The van der Waals surface area contributed by atoms with Crippen LogP contribution in [0.4, 0.5) is 5.13 Å². The number of anilines is 1. The monoisotopic (exact) mass is 339 g/mol. The number of aromatic nitrogens is 1. The number of hydrogen-bond donors (Lipinski definition) is 1. The second kappa shape index (κ2) is 5.85. The topological polar surface area (TPSA) is 79.4 Å². The normalized spacial score (nSPS) is 19.3. The maximum Gasteiger partial charge on any atom is 0.238 e. The predicted octanol–water partition coefficient (Wildman–Crippen LogP) is 1.59. The molecule has 118 valence electrons. The fourth-order valence-corrected chi connectivity index (χ4v) is 4.16. The summed E-state index contributed by atoms with van der Waals surface area (Å²) in [7, 11) is -3.51. The summed E-state index contributed by atoms with van der Waals surface area (Å²) in [5.74, 6) is -0.746. The summed E-state index contributed by atoms with van der Waals surface area (Å²) in [5, 5.41) is 0.887. The van der Waals surface area contributed by atoms with E-state index in [-0.39, 0.29) is 5.92 Å². The number of rotatable bonds is 3. The van der Waals surface area contributed by atoms with Crippen LogP contribution in [0.5, 0.6) is 0 Å². The first kappa shape index (κ1) is 15.2. The molecule has 0 spiro atoms. The van der Waals surface area contributed by atoms with Crippen molar-refractivity contribution in [3.63, 3.8) is 0 Å². The SMILES string of the molecule is CS(=O)(=O)NC(=O)C1CCCN(c2nc3ccccc3s2)C1. The molecule has 1 unspecified atom stereocenters. The molecule has 6 nitrogen and oxygen atoms in total. The summed E-state index contributed by atoms with van der Waals surface area (Å²) in [6.45, 7) is 1.34. The summed E-state index contributed by atoms with van der Waals surface area (Å²) in [6.07, 6.45) is 2.54. The van der Waals surface area contributed by atoms with Crippen LogP contribution in [-0.4, -0.2) is 38.7 Å². The molecule has 1 fully saturated rings. The predicted molar refractivity (Wildman–Crippen MR) is 87.5 cm³/mol. The highest BCUT2D eigenvalue weighted by Crippen LogP contribution is 2.31. The third-order valence-corrected chi connectivity index (χ3v) is 5.30. The van der Waals surface area contributed by atoms with E-state index in [1.54, 1.807) is 11.3 Å². The minimum Gasteiger partial charge on any atom is -0.347 e. The molecule has 1 aliphatic heterocycles. The van der Waals surface area contributed by atoms with Crippen molar-refractivity contribution in [1.82, 2.24) is 9.71 Å². The van der Waals surface area contributed by atoms with Gasteiger partial charge in [0.15, 0.2) is 5.13 Å². The molecule has 3 rings (SSSR count). The lowest BCUT2D eigenvalue weighted by molar-refractivity contribution is -0.123. The van der Waals surface area contributed by atoms with Gasteiger partial charge in [-0.25, -0.2) is 13.4 Å². The maximum absolute atomic E-state index is 12.0. The molecule has 2 heterocycles. The molecule has 0 bridgehead atoms. The van der Waals surface area contributed by atoms with Crippen LogP contribution in [-0.2, 0) is 14.8 Å². The Morgan fingerprint density at radius 1 is 1.41 bits per heavy atom. The molecule has 1 aromatic heterocycles. The number of hydrogen-bond acceptors (Lipinski definition) is 6. The van der Waals surface area contributed by atoms with Crippen LogP contribution in [0.3, 0.4) is 0 Å². The van der Waals surface area contributed by atoms with Gasteiger partial charge < -0.3 is 4.90 Å². The van der Waals surface area contributed by atoms with E-state index in [0.717, 1.165) is 34.6 Å². The Labute approximate surface area is 133 Å². The molecule has 1 atom stereocenters. The van der Waals surface area contributed by atoms with Gasteiger partial charge in [0.2, 0.25) is 15.9 Å². The number of sulfonamides is 1. The lowest BCUT2D eigenvalue weighted by atomic mass is 9.98. The van der Waals surface area contributed by atoms with Gasteiger partial charge in [0.25, 0.3) is 0 Å². The number of carbonyl (C=O) groups excluding carboxylic acids is 1. The number of carbonyl (C=O) groups is 1. The second-order valence-electron chi connectivity index (χ2n) is 5.49. The van der Waals surface area contributed by atoms with Crippen molar-refractivity contribution >= 4 is 42.6 Å². The van der Waals surface area contributed by atoms with Crippen LogP contribution < -0.4 is 9.62 Å². The van der Waals surface area contributed by atoms with Gasteiger partial charge in [-0.3, -0.25) is 9.52 Å². The average Bonchev–Trinajstić information content (AvgIpc) is 2.89. The van der Waals surface area contributed by atoms with Gasteiger partial charge in [0.05, 0.1) is 22.4 Å². The Kier molecular flexibility index (Phi) is 4.05. The van der Waals surface area contributed by atoms with Crippen molar-refractivity contribution in [2.45, 2.75) is 12.8 Å². The Bertz CT molecular complexity index is 768. The van der Waals surface area contributed by atoms with Crippen molar-refractivity contribution < 1.29 is 13.2 Å². The molecule has 1 N–H and O–H groups in total. The molecule has 1 aliphatic rings. The summed E-state index contributed by atoms with van der Waals surface area (Å²) in [6, 6.07) is 7.91. The molecular formula is C14H17N3O3S2. The van der Waals surface area contributed by atoms with Crippen molar-refractivity contribution in [2.75, 3.05) is 24.2 Å². The maximum atomic E-state index is 12.0. The molecule has 0 aliphatic carbocycles. The number of fused-ring (bicyclic) bond motifs is 1. The first-order valence-electron chi connectivity index (χ1n) is 7.04. The van der Waals surface area contributed by atoms with Gasteiger partial charge in [-0.15, -0.1) is 0 Å². The number of para-hydroxylation sites is 1. The Morgan fingerprint density at radius 2 is 2.18 bits per heavy atom. The quantitative estimate of drug-likeness (QED) is 0.918. The van der Waals surface area contributed by atoms with Crippen molar-refractivity contribution in [3.8, 4) is 0 Å². The van der Waals surface area contributed by atoms with Gasteiger partial charge in [0.1, 0.15) is 0 Å². The van der Waals surface area contributed by atoms with Crippen LogP contribution in [0.15, 0.2) is 24.3 Å². The molecule has 8 heteroatoms. The number of nitrogens with zero attached hydrogens (tertiary/aromatic N) is 2. The number of nitrogens with one attached hydrogen (secondary N) is 1. The third kappa shape index (κ3) is 3.38. The molecule has 1 amide bonds. The van der Waals surface area contributed by atoms with E-state index in [4.69, 9.17) is 0 Å². The fourth-order valence-electron chi connectivity index (χ4n) is 2.63. The number of amides is 1. The summed E-state index contributed by atoms with van der Waals surface area (Å²) < 4.78 is 25.6. The van der Waals surface area contributed by atoms with Crippen molar-refractivity contribution in [3.05, 3.63) is 24.3 Å². The van der Waals surface area contributed by atoms with E-state index in [2.05, 4.69) is 14.6 Å². The largest absolute Gasteiger partial charge is 0.347 e. The van der Waals surface area contributed by atoms with Crippen LogP contribution in [0.1, 0.15) is 12.8 Å². The first-order chi connectivity index (χ1) is 10.4. The van der Waals surface area contributed by atoms with E-state index in [1.807, 2.05) is 24.3 Å². The molecule has 1 saturated heterocycles. The molecule has 0 radical (unpaired) electrons. The van der Waals surface area contributed by atoms with Gasteiger partial charge in [-0.2, -0.15) is 0 Å². The highest BCUT2D eigenvalue weighted by molar-refractivity contribution is 7.89. The number of benzene rings is 1. The van der Waals surface area contributed by atoms with Gasteiger partial charge in [-0.1, -0.05) is 23.5 Å². The standard InChI is InChI=1S/C14H17N3O3S2/c1-22(19,20)16-13(18)10-5-4-8-17(9-10)14-15-11-6-2-3-7-12(11)21-14/h2-3,6-7,10H,4-5,8-9H2,1H3,(H,16,18). The second-order valence-corrected chi connectivity index (χ2v) is 8.25. The Hall–Kier alpha value is -1.67. The van der Waals surface area contributed by atoms with Gasteiger partial charge >= 0.3 is 0 Å². The van der Waals surface area contributed by atoms with E-state index in [0.29, 0.717) is 13.0 Å². The first-order valence-corrected chi connectivity index (χ1v) is 9.75. The lowest BCUT2D eigenvalue weighted by Crippen LogP contribution is -2.44. The minimum atomic E-state index is -3.51. The average molecular weight is 339 g/mol. The summed E-state index contributed by atoms with van der Waals surface area (Å²) >= 11 is 1.60. The zero-order valence-corrected chi connectivity index (χ0v) is 13.8. The third-order valence-electron chi connectivity index (χ3n) is 3.63. The smallest absolute Gasteiger partial charge is 0.238 e. The van der Waals surface area contributed by atoms with Crippen LogP contribution in [0, 0.1) is 5.92 Å². The summed E-state index contributed by atoms with van der Waals surface area (Å²) in [4.78, 5) is 18.7. The molecule has 1 aromatic carbocycles. The van der Waals surface area contributed by atoms with Gasteiger partial charge in [0, 0.05) is 13.1 Å². The summed E-state index contributed by atoms with van der Waals surface area (Å²) in [5.41, 5.74) is 0.949. The number of thiazole rings is 1. The molecular weight excluding hydrogens is 322 g/mol. The van der Waals surface area contributed by atoms with Crippen LogP contribution >= 0.6 is 11.3 Å². The Morgan fingerprint density at radius 3 is 2.91 bits per heavy atom. The van der Waals surface area contributed by atoms with Crippen molar-refractivity contribution in [2.24, 2.45) is 5.92 Å². The van der Waals surface area contributed by atoms with Crippen LogP contribution in [0.2, 0.25) is 0 Å². The molecule has 2 aromatic rings.